The lowest BCUT2D eigenvalue weighted by atomic mass is 10.1. The number of nitrogens with zero attached hydrogens (tertiary/aromatic N) is 3. The van der Waals surface area contributed by atoms with Gasteiger partial charge in [0.2, 0.25) is 0 Å². The highest BCUT2D eigenvalue weighted by Gasteiger charge is 2.02. The van der Waals surface area contributed by atoms with Crippen molar-refractivity contribution in [2.75, 3.05) is 0 Å². The molecule has 80 valence electrons. The van der Waals surface area contributed by atoms with Gasteiger partial charge in [-0.3, -0.25) is 9.20 Å². The number of aromatic nitrogens is 2. The molecule has 0 atom stereocenters. The summed E-state index contributed by atoms with van der Waals surface area (Å²) in [5.41, 5.74) is 2.44. The number of fused-ring (bicyclic) bond motifs is 1. The Hall–Kier alpha value is -2.15. The van der Waals surface area contributed by atoms with E-state index in [1.165, 1.54) is 0 Å². The molecule has 0 bridgehead atoms. The fraction of sp³-hybridized carbons (Fsp3) is 0.250. The summed E-state index contributed by atoms with van der Waals surface area (Å²) in [6.45, 7) is 0. The lowest BCUT2D eigenvalue weighted by Crippen LogP contribution is -1.94. The summed E-state index contributed by atoms with van der Waals surface area (Å²) in [4.78, 5) is 14.9. The Balaban J connectivity index is 2.28. The predicted octanol–water partition coefficient (Wildman–Crippen LogP) is 1.99. The lowest BCUT2D eigenvalue weighted by Gasteiger charge is -2.01. The van der Waals surface area contributed by atoms with Crippen LogP contribution in [0.1, 0.15) is 28.9 Å². The molecule has 0 spiro atoms. The minimum absolute atomic E-state index is 0.553. The van der Waals surface area contributed by atoms with Gasteiger partial charge >= 0.3 is 0 Å². The molecule has 4 nitrogen and oxygen atoms in total. The average molecular weight is 213 g/mol. The van der Waals surface area contributed by atoms with Crippen LogP contribution in [0.4, 0.5) is 0 Å². The van der Waals surface area contributed by atoms with Gasteiger partial charge in [-0.1, -0.05) is 6.07 Å². The maximum atomic E-state index is 10.7. The van der Waals surface area contributed by atoms with Crippen LogP contribution in [0, 0.1) is 11.3 Å². The van der Waals surface area contributed by atoms with Gasteiger partial charge < -0.3 is 0 Å². The third-order valence-electron chi connectivity index (χ3n) is 2.47. The number of imidazole rings is 1. The Morgan fingerprint density at radius 1 is 1.50 bits per heavy atom. The van der Waals surface area contributed by atoms with Gasteiger partial charge in [-0.15, -0.1) is 0 Å². The van der Waals surface area contributed by atoms with Gasteiger partial charge in [0.25, 0.3) is 0 Å². The molecule has 2 rings (SSSR count). The van der Waals surface area contributed by atoms with Gasteiger partial charge in [-0.25, -0.2) is 4.98 Å². The molecule has 16 heavy (non-hydrogen) atoms. The number of rotatable bonds is 4. The summed E-state index contributed by atoms with van der Waals surface area (Å²) >= 11 is 0. The third kappa shape index (κ3) is 1.94. The van der Waals surface area contributed by atoms with Crippen LogP contribution in [-0.4, -0.2) is 15.7 Å². The van der Waals surface area contributed by atoms with E-state index >= 15 is 0 Å². The van der Waals surface area contributed by atoms with E-state index in [2.05, 4.69) is 11.1 Å². The van der Waals surface area contributed by atoms with Crippen molar-refractivity contribution in [1.82, 2.24) is 9.38 Å². The Bertz CT molecular complexity index is 551. The van der Waals surface area contributed by atoms with E-state index in [1.54, 1.807) is 10.6 Å². The van der Waals surface area contributed by atoms with E-state index < -0.39 is 0 Å². The molecule has 2 aromatic rings. The molecule has 2 heterocycles. The molecule has 0 amide bonds. The molecule has 0 aromatic carbocycles. The predicted molar refractivity (Wildman–Crippen MR) is 59.1 cm³/mol. The number of carbonyl (C=O) groups excluding carboxylic acids is 1. The zero-order valence-corrected chi connectivity index (χ0v) is 8.76. The molecule has 4 heteroatoms. The van der Waals surface area contributed by atoms with Crippen molar-refractivity contribution in [3.8, 4) is 6.07 Å². The van der Waals surface area contributed by atoms with Crippen LogP contribution in [0.3, 0.4) is 0 Å². The topological polar surface area (TPSA) is 58.2 Å². The largest absolute Gasteiger partial charge is 0.297 e. The Morgan fingerprint density at radius 2 is 2.38 bits per heavy atom. The first-order valence-corrected chi connectivity index (χ1v) is 5.13. The van der Waals surface area contributed by atoms with E-state index in [-0.39, 0.29) is 0 Å². The van der Waals surface area contributed by atoms with Crippen molar-refractivity contribution in [3.63, 3.8) is 0 Å². The molecule has 0 fully saturated rings. The van der Waals surface area contributed by atoms with Crippen molar-refractivity contribution in [3.05, 3.63) is 35.8 Å². The zero-order chi connectivity index (χ0) is 11.4. The van der Waals surface area contributed by atoms with Gasteiger partial charge in [-0.2, -0.15) is 5.26 Å². The van der Waals surface area contributed by atoms with Crippen molar-refractivity contribution in [1.29, 1.82) is 5.26 Å². The molecule has 0 saturated carbocycles. The quantitative estimate of drug-likeness (QED) is 0.576. The van der Waals surface area contributed by atoms with Crippen LogP contribution in [0.25, 0.3) is 5.65 Å². The van der Waals surface area contributed by atoms with Gasteiger partial charge in [-0.05, 0) is 24.5 Å². The molecule has 0 saturated heterocycles. The van der Waals surface area contributed by atoms with Gasteiger partial charge in [0.1, 0.15) is 11.3 Å². The van der Waals surface area contributed by atoms with Crippen LogP contribution >= 0.6 is 0 Å². The monoisotopic (exact) mass is 213 g/mol. The molecule has 0 radical (unpaired) electrons. The number of nitriles is 1. The molecular weight excluding hydrogens is 202 g/mol. The molecular formula is C12H11N3O. The average Bonchev–Trinajstić information content (AvgIpc) is 2.71. The Kier molecular flexibility index (Phi) is 2.97. The summed E-state index contributed by atoms with van der Waals surface area (Å²) in [5.74, 6) is 0. The van der Waals surface area contributed by atoms with Crippen LogP contribution < -0.4 is 0 Å². The second-order valence-corrected chi connectivity index (χ2v) is 3.58. The third-order valence-corrected chi connectivity index (χ3v) is 2.47. The van der Waals surface area contributed by atoms with Crippen molar-refractivity contribution in [2.45, 2.75) is 19.3 Å². The van der Waals surface area contributed by atoms with Crippen molar-refractivity contribution in [2.24, 2.45) is 0 Å². The van der Waals surface area contributed by atoms with Crippen LogP contribution in [0.2, 0.25) is 0 Å². The molecule has 0 unspecified atom stereocenters. The molecule has 0 aliphatic carbocycles. The summed E-state index contributed by atoms with van der Waals surface area (Å²) in [5, 5.41) is 8.45. The zero-order valence-electron chi connectivity index (χ0n) is 8.76. The van der Waals surface area contributed by atoms with Crippen molar-refractivity contribution < 1.29 is 4.79 Å². The lowest BCUT2D eigenvalue weighted by molar-refractivity contribution is 0.111. The van der Waals surface area contributed by atoms with E-state index in [4.69, 9.17) is 5.26 Å². The SMILES string of the molecule is N#CCCCc1ccc2ncc(C=O)n2c1. The van der Waals surface area contributed by atoms with E-state index in [0.717, 1.165) is 30.3 Å². The van der Waals surface area contributed by atoms with Crippen LogP contribution in [-0.2, 0) is 6.42 Å². The summed E-state index contributed by atoms with van der Waals surface area (Å²) in [6.07, 6.45) is 6.50. The Labute approximate surface area is 93.1 Å². The highest BCUT2D eigenvalue weighted by Crippen LogP contribution is 2.10. The number of pyridine rings is 1. The maximum Gasteiger partial charge on any atom is 0.168 e. The standard InChI is InChI=1S/C12H11N3O/c13-6-2-1-3-10-4-5-12-14-7-11(9-16)15(12)8-10/h4-5,7-9H,1-3H2. The van der Waals surface area contributed by atoms with Gasteiger partial charge in [0, 0.05) is 12.6 Å². The fourth-order valence-electron chi connectivity index (χ4n) is 1.65. The second kappa shape index (κ2) is 4.58. The highest BCUT2D eigenvalue weighted by atomic mass is 16.1. The molecule has 0 aliphatic heterocycles. The number of aldehydes is 1. The van der Waals surface area contributed by atoms with Gasteiger partial charge in [0.05, 0.1) is 12.3 Å². The smallest absolute Gasteiger partial charge is 0.168 e. The van der Waals surface area contributed by atoms with Gasteiger partial charge in [0.15, 0.2) is 6.29 Å². The number of carbonyl (C=O) groups is 1. The molecule has 0 aliphatic rings. The second-order valence-electron chi connectivity index (χ2n) is 3.58. The molecule has 0 N–H and O–H groups in total. The molecule has 2 aromatic heterocycles. The van der Waals surface area contributed by atoms with Crippen LogP contribution in [0.5, 0.6) is 0 Å². The Morgan fingerprint density at radius 3 is 3.12 bits per heavy atom. The fourth-order valence-corrected chi connectivity index (χ4v) is 1.65. The number of hydrogen-bond acceptors (Lipinski definition) is 3. The summed E-state index contributed by atoms with van der Waals surface area (Å²) < 4.78 is 1.77. The van der Waals surface area contributed by atoms with E-state index in [9.17, 15) is 4.79 Å². The normalized spacial score (nSPS) is 10.2. The first-order chi connectivity index (χ1) is 7.85. The van der Waals surface area contributed by atoms with Crippen molar-refractivity contribution >= 4 is 11.9 Å². The maximum absolute atomic E-state index is 10.7. The number of unbranched alkanes of at least 4 members (excludes halogenated alkanes) is 1. The first kappa shape index (κ1) is 10.4. The van der Waals surface area contributed by atoms with E-state index in [1.807, 2.05) is 18.3 Å². The number of hydrogen-bond donors (Lipinski definition) is 0. The summed E-state index contributed by atoms with van der Waals surface area (Å²) in [6, 6.07) is 5.98. The van der Waals surface area contributed by atoms with Crippen LogP contribution in [0.15, 0.2) is 24.5 Å². The minimum Gasteiger partial charge on any atom is -0.297 e. The number of aryl methyl sites for hydroxylation is 1. The highest BCUT2D eigenvalue weighted by molar-refractivity contribution is 5.73. The minimum atomic E-state index is 0.553. The summed E-state index contributed by atoms with van der Waals surface area (Å²) in [7, 11) is 0. The van der Waals surface area contributed by atoms with E-state index in [0.29, 0.717) is 12.1 Å². The first-order valence-electron chi connectivity index (χ1n) is 5.13.